The number of aromatic nitrogens is 3. The highest BCUT2D eigenvalue weighted by Gasteiger charge is 2.32. The van der Waals surface area contributed by atoms with Crippen molar-refractivity contribution < 1.29 is 14.7 Å². The Balaban J connectivity index is 1.25. The number of fused-ring (bicyclic) bond motifs is 1. The van der Waals surface area contributed by atoms with Crippen molar-refractivity contribution >= 4 is 11.9 Å². The summed E-state index contributed by atoms with van der Waals surface area (Å²) in [4.78, 5) is 28.5. The Morgan fingerprint density at radius 1 is 0.939 bits per heavy atom. The molecule has 1 fully saturated rings. The van der Waals surface area contributed by atoms with Gasteiger partial charge in [0.15, 0.2) is 0 Å². The third-order valence-electron chi connectivity index (χ3n) is 6.59. The highest BCUT2D eigenvalue weighted by Crippen LogP contribution is 2.28. The standard InChI is InChI=1S/C25H27N5O3/c31-24(19-7-4-8-20(15-19)25(32)33)29-12-9-21(17-29)23-27-26-22-10-11-28(13-14-30(22)23)16-18-5-2-1-3-6-18/h1-8,15,21H,9-14,16-17H2,(H,32,33). The van der Waals surface area contributed by atoms with Crippen LogP contribution in [0.15, 0.2) is 54.6 Å². The van der Waals surface area contributed by atoms with Gasteiger partial charge in [0, 0.05) is 57.2 Å². The third kappa shape index (κ3) is 4.52. The summed E-state index contributed by atoms with van der Waals surface area (Å²) in [5.41, 5.74) is 1.85. The largest absolute Gasteiger partial charge is 0.478 e. The number of nitrogens with zero attached hydrogens (tertiary/aromatic N) is 5. The number of hydrogen-bond acceptors (Lipinski definition) is 5. The van der Waals surface area contributed by atoms with Gasteiger partial charge in [-0.05, 0) is 30.2 Å². The summed E-state index contributed by atoms with van der Waals surface area (Å²) in [6.45, 7) is 4.85. The molecule has 8 nitrogen and oxygen atoms in total. The molecule has 3 aromatic rings. The van der Waals surface area contributed by atoms with E-state index < -0.39 is 5.97 Å². The van der Waals surface area contributed by atoms with Gasteiger partial charge in [-0.25, -0.2) is 4.79 Å². The summed E-state index contributed by atoms with van der Waals surface area (Å²) in [7, 11) is 0. The van der Waals surface area contributed by atoms with E-state index in [9.17, 15) is 14.7 Å². The summed E-state index contributed by atoms with van der Waals surface area (Å²) in [5.74, 6) is 0.945. The van der Waals surface area contributed by atoms with Gasteiger partial charge in [-0.3, -0.25) is 9.69 Å². The van der Waals surface area contributed by atoms with Crippen LogP contribution in [0, 0.1) is 0 Å². The molecule has 0 aliphatic carbocycles. The van der Waals surface area contributed by atoms with Crippen LogP contribution in [0.4, 0.5) is 0 Å². The number of amides is 1. The lowest BCUT2D eigenvalue weighted by molar-refractivity contribution is 0.0697. The Morgan fingerprint density at radius 2 is 1.76 bits per heavy atom. The van der Waals surface area contributed by atoms with Crippen LogP contribution in [0.5, 0.6) is 0 Å². The van der Waals surface area contributed by atoms with Crippen molar-refractivity contribution in [3.63, 3.8) is 0 Å². The number of carboxylic acids is 1. The van der Waals surface area contributed by atoms with Crippen LogP contribution in [-0.2, 0) is 19.5 Å². The first-order valence-corrected chi connectivity index (χ1v) is 11.4. The van der Waals surface area contributed by atoms with Crippen LogP contribution in [0.3, 0.4) is 0 Å². The van der Waals surface area contributed by atoms with Crippen LogP contribution in [0.25, 0.3) is 0 Å². The minimum Gasteiger partial charge on any atom is -0.478 e. The molecule has 2 aromatic carbocycles. The predicted octanol–water partition coefficient (Wildman–Crippen LogP) is 2.66. The molecule has 33 heavy (non-hydrogen) atoms. The monoisotopic (exact) mass is 445 g/mol. The van der Waals surface area contributed by atoms with E-state index in [0.717, 1.165) is 50.7 Å². The zero-order valence-corrected chi connectivity index (χ0v) is 18.4. The number of aromatic carboxylic acids is 1. The van der Waals surface area contributed by atoms with Crippen molar-refractivity contribution in [1.82, 2.24) is 24.6 Å². The first-order chi connectivity index (χ1) is 16.1. The number of likely N-dealkylation sites (tertiary alicyclic amines) is 1. The van der Waals surface area contributed by atoms with Gasteiger partial charge in [-0.2, -0.15) is 0 Å². The summed E-state index contributed by atoms with van der Waals surface area (Å²) in [6, 6.07) is 16.7. The maximum absolute atomic E-state index is 13.0. The molecule has 3 heterocycles. The van der Waals surface area contributed by atoms with Crippen LogP contribution in [0.1, 0.15) is 50.3 Å². The smallest absolute Gasteiger partial charge is 0.335 e. The Morgan fingerprint density at radius 3 is 2.58 bits per heavy atom. The second kappa shape index (κ2) is 9.15. The summed E-state index contributed by atoms with van der Waals surface area (Å²) in [6.07, 6.45) is 1.69. The Kier molecular flexibility index (Phi) is 5.92. The topological polar surface area (TPSA) is 91.6 Å². The van der Waals surface area contributed by atoms with E-state index in [0.29, 0.717) is 18.7 Å². The zero-order chi connectivity index (χ0) is 22.8. The molecule has 1 atom stereocenters. The highest BCUT2D eigenvalue weighted by atomic mass is 16.4. The molecule has 1 saturated heterocycles. The van der Waals surface area contributed by atoms with Gasteiger partial charge in [-0.15, -0.1) is 10.2 Å². The molecule has 1 N–H and O–H groups in total. The van der Waals surface area contributed by atoms with Gasteiger partial charge in [0.1, 0.15) is 11.6 Å². The second-order valence-electron chi connectivity index (χ2n) is 8.76. The molecule has 0 spiro atoms. The lowest BCUT2D eigenvalue weighted by Gasteiger charge is -2.20. The molecule has 2 aliphatic heterocycles. The second-order valence-corrected chi connectivity index (χ2v) is 8.76. The molecule has 2 aliphatic rings. The normalized spacial score (nSPS) is 18.7. The Labute approximate surface area is 192 Å². The Bertz CT molecular complexity index is 1160. The predicted molar refractivity (Wildman–Crippen MR) is 122 cm³/mol. The van der Waals surface area contributed by atoms with Crippen molar-refractivity contribution in [3.05, 3.63) is 82.9 Å². The lowest BCUT2D eigenvalue weighted by atomic mass is 10.1. The van der Waals surface area contributed by atoms with Gasteiger partial charge >= 0.3 is 5.97 Å². The van der Waals surface area contributed by atoms with Crippen LogP contribution < -0.4 is 0 Å². The van der Waals surface area contributed by atoms with E-state index in [2.05, 4.69) is 43.9 Å². The molecule has 1 amide bonds. The van der Waals surface area contributed by atoms with Gasteiger partial charge in [0.05, 0.1) is 5.56 Å². The summed E-state index contributed by atoms with van der Waals surface area (Å²) in [5, 5.41) is 18.2. The van der Waals surface area contributed by atoms with Gasteiger partial charge in [0.25, 0.3) is 5.91 Å². The molecular weight excluding hydrogens is 418 g/mol. The van der Waals surface area contributed by atoms with Crippen molar-refractivity contribution in [2.45, 2.75) is 31.8 Å². The molecule has 8 heteroatoms. The molecular formula is C25H27N5O3. The number of carbonyl (C=O) groups excluding carboxylic acids is 1. The van der Waals surface area contributed by atoms with Crippen molar-refractivity contribution in [2.75, 3.05) is 26.2 Å². The van der Waals surface area contributed by atoms with Gasteiger partial charge < -0.3 is 14.6 Å². The highest BCUT2D eigenvalue weighted by molar-refractivity contribution is 5.97. The van der Waals surface area contributed by atoms with Crippen LogP contribution in [0.2, 0.25) is 0 Å². The first-order valence-electron chi connectivity index (χ1n) is 11.4. The van der Waals surface area contributed by atoms with E-state index in [-0.39, 0.29) is 17.4 Å². The maximum atomic E-state index is 13.0. The average Bonchev–Trinajstić information content (AvgIpc) is 3.43. The number of hydrogen-bond donors (Lipinski definition) is 1. The van der Waals surface area contributed by atoms with Crippen LogP contribution in [-0.4, -0.2) is 67.7 Å². The zero-order valence-electron chi connectivity index (χ0n) is 18.4. The van der Waals surface area contributed by atoms with Crippen molar-refractivity contribution in [1.29, 1.82) is 0 Å². The van der Waals surface area contributed by atoms with E-state index in [1.54, 1.807) is 17.0 Å². The summed E-state index contributed by atoms with van der Waals surface area (Å²) >= 11 is 0. The van der Waals surface area contributed by atoms with Crippen LogP contribution >= 0.6 is 0 Å². The van der Waals surface area contributed by atoms with E-state index in [1.807, 2.05) is 6.07 Å². The number of carboxylic acid groups (broad SMARTS) is 1. The number of carbonyl (C=O) groups is 2. The third-order valence-corrected chi connectivity index (χ3v) is 6.59. The molecule has 170 valence electrons. The number of rotatable bonds is 5. The fourth-order valence-electron chi connectivity index (χ4n) is 4.81. The lowest BCUT2D eigenvalue weighted by Crippen LogP contribution is -2.29. The maximum Gasteiger partial charge on any atom is 0.335 e. The molecule has 1 unspecified atom stereocenters. The van der Waals surface area contributed by atoms with E-state index in [4.69, 9.17) is 0 Å². The van der Waals surface area contributed by atoms with Gasteiger partial charge in [-0.1, -0.05) is 36.4 Å². The summed E-state index contributed by atoms with van der Waals surface area (Å²) < 4.78 is 2.24. The average molecular weight is 446 g/mol. The quantitative estimate of drug-likeness (QED) is 0.649. The van der Waals surface area contributed by atoms with Gasteiger partial charge in [0.2, 0.25) is 0 Å². The molecule has 1 aromatic heterocycles. The molecule has 0 bridgehead atoms. The minimum atomic E-state index is -1.03. The Hall–Kier alpha value is -3.52. The van der Waals surface area contributed by atoms with Crippen molar-refractivity contribution in [3.8, 4) is 0 Å². The number of benzene rings is 2. The first kappa shape index (κ1) is 21.3. The molecule has 5 rings (SSSR count). The SMILES string of the molecule is O=C(O)c1cccc(C(=O)N2CCC(c3nnc4n3CCN(Cc3ccccc3)CC4)C2)c1. The minimum absolute atomic E-state index is 0.124. The molecule has 0 saturated carbocycles. The van der Waals surface area contributed by atoms with E-state index >= 15 is 0 Å². The fourth-order valence-corrected chi connectivity index (χ4v) is 4.81. The van der Waals surface area contributed by atoms with Crippen molar-refractivity contribution in [2.24, 2.45) is 0 Å². The molecule has 0 radical (unpaired) electrons. The van der Waals surface area contributed by atoms with E-state index in [1.165, 1.54) is 17.7 Å². The fraction of sp³-hybridized carbons (Fsp3) is 0.360.